The van der Waals surface area contributed by atoms with E-state index in [-0.39, 0.29) is 23.3 Å². The van der Waals surface area contributed by atoms with Crippen LogP contribution in [-0.4, -0.2) is 28.6 Å². The lowest BCUT2D eigenvalue weighted by Gasteiger charge is -2.26. The van der Waals surface area contributed by atoms with E-state index >= 15 is 0 Å². The number of rotatable bonds is 5. The number of oxime groups is 1. The molecule has 0 spiro atoms. The van der Waals surface area contributed by atoms with Crippen LogP contribution in [0.4, 0.5) is 19.0 Å². The fourth-order valence-corrected chi connectivity index (χ4v) is 2.17. The minimum Gasteiger partial charge on any atom is -0.409 e. The molecule has 116 valence electrons. The summed E-state index contributed by atoms with van der Waals surface area (Å²) in [5, 5.41) is 11.7. The average molecular weight is 302 g/mol. The van der Waals surface area contributed by atoms with E-state index in [1.165, 1.54) is 6.07 Å². The third-order valence-electron chi connectivity index (χ3n) is 3.27. The second kappa shape index (κ2) is 5.79. The lowest BCUT2D eigenvalue weighted by molar-refractivity contribution is -0.141. The lowest BCUT2D eigenvalue weighted by atomic mass is 10.2. The third-order valence-corrected chi connectivity index (χ3v) is 3.27. The van der Waals surface area contributed by atoms with Crippen LogP contribution in [-0.2, 0) is 6.18 Å². The molecule has 0 saturated heterocycles. The monoisotopic (exact) mass is 302 g/mol. The van der Waals surface area contributed by atoms with Gasteiger partial charge in [-0.25, -0.2) is 4.98 Å². The molecule has 1 aromatic rings. The first-order chi connectivity index (χ1) is 9.88. The highest BCUT2D eigenvalue weighted by Gasteiger charge is 2.36. The van der Waals surface area contributed by atoms with E-state index in [0.29, 0.717) is 6.54 Å². The maximum absolute atomic E-state index is 12.9. The van der Waals surface area contributed by atoms with Gasteiger partial charge in [0.2, 0.25) is 0 Å². The molecule has 2 rings (SSSR count). The van der Waals surface area contributed by atoms with Crippen molar-refractivity contribution in [2.75, 3.05) is 11.4 Å². The molecule has 21 heavy (non-hydrogen) atoms. The Hall–Kier alpha value is -1.99. The second-order valence-electron chi connectivity index (χ2n) is 4.98. The molecule has 1 heterocycles. The highest BCUT2D eigenvalue weighted by Crippen LogP contribution is 2.35. The standard InChI is InChI=1S/C13H17F3N4O/c1-2-7-20(8-3-4-8)12-9(11(17)19-21)5-6-10(18-12)13(14,15)16/h5-6,8,21H,2-4,7H2,1H3,(H2,17,19). The fraction of sp³-hybridized carbons (Fsp3) is 0.538. The van der Waals surface area contributed by atoms with Crippen LogP contribution in [0, 0.1) is 0 Å². The van der Waals surface area contributed by atoms with E-state index < -0.39 is 11.9 Å². The van der Waals surface area contributed by atoms with Crippen molar-refractivity contribution in [2.45, 2.75) is 38.4 Å². The number of hydrogen-bond donors (Lipinski definition) is 2. The molecule has 5 nitrogen and oxygen atoms in total. The first-order valence-corrected chi connectivity index (χ1v) is 6.71. The van der Waals surface area contributed by atoms with E-state index in [4.69, 9.17) is 10.9 Å². The van der Waals surface area contributed by atoms with Gasteiger partial charge in [-0.1, -0.05) is 12.1 Å². The molecule has 3 N–H and O–H groups in total. The molecule has 0 aliphatic heterocycles. The molecule has 1 fully saturated rings. The summed E-state index contributed by atoms with van der Waals surface area (Å²) in [6, 6.07) is 2.21. The summed E-state index contributed by atoms with van der Waals surface area (Å²) < 4.78 is 38.6. The predicted molar refractivity (Wildman–Crippen MR) is 72.4 cm³/mol. The molecule has 0 radical (unpaired) electrons. The number of anilines is 1. The predicted octanol–water partition coefficient (Wildman–Crippen LogP) is 2.57. The minimum absolute atomic E-state index is 0.129. The van der Waals surface area contributed by atoms with Gasteiger partial charge in [-0.05, 0) is 31.4 Å². The van der Waals surface area contributed by atoms with Crippen molar-refractivity contribution in [3.05, 3.63) is 23.4 Å². The molecular formula is C13H17F3N4O. The van der Waals surface area contributed by atoms with Crippen LogP contribution >= 0.6 is 0 Å². The van der Waals surface area contributed by atoms with Crippen LogP contribution in [0.2, 0.25) is 0 Å². The number of hydrogen-bond acceptors (Lipinski definition) is 4. The van der Waals surface area contributed by atoms with E-state index in [1.807, 2.05) is 11.8 Å². The molecular weight excluding hydrogens is 285 g/mol. The first kappa shape index (κ1) is 15.4. The third kappa shape index (κ3) is 3.37. The summed E-state index contributed by atoms with van der Waals surface area (Å²) in [5.41, 5.74) is 4.80. The zero-order chi connectivity index (χ0) is 15.6. The van der Waals surface area contributed by atoms with E-state index in [2.05, 4.69) is 10.1 Å². The van der Waals surface area contributed by atoms with E-state index in [0.717, 1.165) is 25.3 Å². The number of halogens is 3. The Morgan fingerprint density at radius 1 is 1.48 bits per heavy atom. The highest BCUT2D eigenvalue weighted by atomic mass is 19.4. The van der Waals surface area contributed by atoms with Gasteiger partial charge in [0.05, 0.1) is 5.56 Å². The summed E-state index contributed by atoms with van der Waals surface area (Å²) in [6.07, 6.45) is -1.94. The maximum Gasteiger partial charge on any atom is 0.433 e. The van der Waals surface area contributed by atoms with Crippen molar-refractivity contribution in [2.24, 2.45) is 10.9 Å². The normalized spacial score (nSPS) is 16.1. The van der Waals surface area contributed by atoms with Gasteiger partial charge in [0.15, 0.2) is 5.84 Å². The number of aromatic nitrogens is 1. The molecule has 0 unspecified atom stereocenters. The van der Waals surface area contributed by atoms with Crippen LogP contribution in [0.15, 0.2) is 17.3 Å². The van der Waals surface area contributed by atoms with Gasteiger partial charge in [-0.2, -0.15) is 13.2 Å². The molecule has 1 aromatic heterocycles. The Kier molecular flexibility index (Phi) is 4.24. The van der Waals surface area contributed by atoms with E-state index in [9.17, 15) is 13.2 Å². The van der Waals surface area contributed by atoms with Gasteiger partial charge < -0.3 is 15.8 Å². The van der Waals surface area contributed by atoms with Gasteiger partial charge in [-0.3, -0.25) is 0 Å². The Bertz CT molecular complexity index is 541. The summed E-state index contributed by atoms with van der Waals surface area (Å²) >= 11 is 0. The van der Waals surface area contributed by atoms with E-state index in [1.54, 1.807) is 0 Å². The molecule has 0 amide bonds. The maximum atomic E-state index is 12.9. The van der Waals surface area contributed by atoms with Crippen LogP contribution in [0.3, 0.4) is 0 Å². The van der Waals surface area contributed by atoms with Crippen molar-refractivity contribution in [3.63, 3.8) is 0 Å². The Labute approximate surface area is 120 Å². The average Bonchev–Trinajstić information content (AvgIpc) is 3.27. The zero-order valence-corrected chi connectivity index (χ0v) is 11.6. The number of alkyl halides is 3. The Morgan fingerprint density at radius 2 is 2.14 bits per heavy atom. The lowest BCUT2D eigenvalue weighted by Crippen LogP contribution is -2.31. The van der Waals surface area contributed by atoms with Gasteiger partial charge in [0.25, 0.3) is 0 Å². The summed E-state index contributed by atoms with van der Waals surface area (Å²) in [4.78, 5) is 5.53. The Balaban J connectivity index is 2.51. The van der Waals surface area contributed by atoms with Crippen LogP contribution in [0.25, 0.3) is 0 Å². The van der Waals surface area contributed by atoms with Crippen LogP contribution in [0.5, 0.6) is 0 Å². The van der Waals surface area contributed by atoms with Crippen molar-refractivity contribution in [1.29, 1.82) is 0 Å². The van der Waals surface area contributed by atoms with Gasteiger partial charge in [0, 0.05) is 12.6 Å². The number of nitrogens with zero attached hydrogens (tertiary/aromatic N) is 3. The van der Waals surface area contributed by atoms with Gasteiger partial charge in [0.1, 0.15) is 11.5 Å². The topological polar surface area (TPSA) is 74.7 Å². The quantitative estimate of drug-likeness (QED) is 0.379. The molecule has 0 bridgehead atoms. The molecule has 1 aliphatic rings. The number of pyridine rings is 1. The molecule has 8 heteroatoms. The minimum atomic E-state index is -4.53. The molecule has 0 aromatic carbocycles. The summed E-state index contributed by atoms with van der Waals surface area (Å²) in [5.74, 6) is -0.113. The fourth-order valence-electron chi connectivity index (χ4n) is 2.17. The first-order valence-electron chi connectivity index (χ1n) is 6.71. The molecule has 0 atom stereocenters. The van der Waals surface area contributed by atoms with Crippen molar-refractivity contribution < 1.29 is 18.4 Å². The molecule has 1 saturated carbocycles. The number of nitrogens with two attached hydrogens (primary N) is 1. The number of amidine groups is 1. The van der Waals surface area contributed by atoms with Crippen molar-refractivity contribution >= 4 is 11.7 Å². The van der Waals surface area contributed by atoms with Crippen LogP contribution in [0.1, 0.15) is 37.4 Å². The second-order valence-corrected chi connectivity index (χ2v) is 4.98. The van der Waals surface area contributed by atoms with Gasteiger partial charge >= 0.3 is 6.18 Å². The van der Waals surface area contributed by atoms with Crippen molar-refractivity contribution in [3.8, 4) is 0 Å². The Morgan fingerprint density at radius 3 is 2.62 bits per heavy atom. The van der Waals surface area contributed by atoms with Gasteiger partial charge in [-0.15, -0.1) is 0 Å². The largest absolute Gasteiger partial charge is 0.433 e. The smallest absolute Gasteiger partial charge is 0.409 e. The molecule has 1 aliphatic carbocycles. The SMILES string of the molecule is CCCN(c1nc(C(F)(F)F)ccc1C(N)=NO)C1CC1. The van der Waals surface area contributed by atoms with Crippen LogP contribution < -0.4 is 10.6 Å². The summed E-state index contributed by atoms with van der Waals surface area (Å²) in [6.45, 7) is 2.51. The van der Waals surface area contributed by atoms with Crippen molar-refractivity contribution in [1.82, 2.24) is 4.98 Å². The summed E-state index contributed by atoms with van der Waals surface area (Å²) in [7, 11) is 0. The highest BCUT2D eigenvalue weighted by molar-refractivity contribution is 6.01. The zero-order valence-electron chi connectivity index (χ0n) is 11.6.